The molecule has 2 heterocycles. The van der Waals surface area contributed by atoms with Crippen LogP contribution in [0.3, 0.4) is 0 Å². The average molecular weight is 376 g/mol. The number of pyridine rings is 1. The quantitative estimate of drug-likeness (QED) is 0.877. The first-order valence-corrected chi connectivity index (χ1v) is 9.59. The van der Waals surface area contributed by atoms with E-state index in [9.17, 15) is 8.42 Å². The molecule has 0 spiro atoms. The van der Waals surface area contributed by atoms with E-state index in [2.05, 4.69) is 27.8 Å². The van der Waals surface area contributed by atoms with E-state index in [0.717, 1.165) is 25.7 Å². The van der Waals surface area contributed by atoms with E-state index in [4.69, 9.17) is 5.73 Å². The van der Waals surface area contributed by atoms with Crippen molar-refractivity contribution in [3.05, 3.63) is 16.7 Å². The molecule has 0 radical (unpaired) electrons. The average Bonchev–Trinajstić information content (AvgIpc) is 2.68. The monoisotopic (exact) mass is 375 g/mol. The highest BCUT2D eigenvalue weighted by Gasteiger charge is 2.29. The summed E-state index contributed by atoms with van der Waals surface area (Å²) in [4.78, 5) is 4.04. The number of nitrogen functional groups attached to an aromatic ring is 1. The summed E-state index contributed by atoms with van der Waals surface area (Å²) in [5, 5.41) is 0. The van der Waals surface area contributed by atoms with Crippen molar-refractivity contribution in [1.82, 2.24) is 9.29 Å². The number of hydrogen-bond acceptors (Lipinski definition) is 4. The van der Waals surface area contributed by atoms with Gasteiger partial charge in [-0.2, -0.15) is 4.31 Å². The van der Waals surface area contributed by atoms with Crippen LogP contribution in [0.15, 0.2) is 21.6 Å². The van der Waals surface area contributed by atoms with Crippen LogP contribution in [-0.4, -0.2) is 30.8 Å². The minimum atomic E-state index is -3.56. The van der Waals surface area contributed by atoms with Gasteiger partial charge in [0.15, 0.2) is 0 Å². The highest BCUT2D eigenvalue weighted by Crippen LogP contribution is 2.28. The topological polar surface area (TPSA) is 76.3 Å². The maximum atomic E-state index is 12.8. The smallest absolute Gasteiger partial charge is 0.246 e. The normalized spacial score (nSPS) is 21.1. The Bertz CT molecular complexity index is 592. The van der Waals surface area contributed by atoms with Crippen LogP contribution in [0.5, 0.6) is 0 Å². The van der Waals surface area contributed by atoms with Crippen molar-refractivity contribution >= 4 is 31.8 Å². The molecule has 1 aromatic heterocycles. The molecule has 2 N–H and O–H groups in total. The number of halogens is 1. The largest absolute Gasteiger partial charge is 0.383 e. The minimum Gasteiger partial charge on any atom is -0.383 e. The van der Waals surface area contributed by atoms with Crippen LogP contribution in [0, 0.1) is 5.92 Å². The Morgan fingerprint density at radius 3 is 2.90 bits per heavy atom. The predicted molar refractivity (Wildman–Crippen MR) is 87.4 cm³/mol. The predicted octanol–water partition coefficient (Wildman–Crippen LogP) is 3.02. The van der Waals surface area contributed by atoms with Gasteiger partial charge < -0.3 is 5.73 Å². The lowest BCUT2D eigenvalue weighted by Gasteiger charge is -2.21. The molecule has 0 amide bonds. The lowest BCUT2D eigenvalue weighted by molar-refractivity contribution is 0.400. The fourth-order valence-electron chi connectivity index (χ4n) is 2.85. The van der Waals surface area contributed by atoms with Gasteiger partial charge in [0.05, 0.1) is 0 Å². The molecule has 1 saturated heterocycles. The summed E-state index contributed by atoms with van der Waals surface area (Å²) in [6.45, 7) is 3.31. The van der Waals surface area contributed by atoms with Crippen molar-refractivity contribution in [3.8, 4) is 0 Å². The number of nitrogens with two attached hydrogens (primary N) is 1. The van der Waals surface area contributed by atoms with E-state index in [1.165, 1.54) is 18.7 Å². The first kappa shape index (κ1) is 16.7. The van der Waals surface area contributed by atoms with E-state index in [0.29, 0.717) is 23.5 Å². The zero-order valence-corrected chi connectivity index (χ0v) is 14.7. The van der Waals surface area contributed by atoms with Crippen molar-refractivity contribution in [3.63, 3.8) is 0 Å². The van der Waals surface area contributed by atoms with E-state index in [1.807, 2.05) is 0 Å². The first-order chi connectivity index (χ1) is 9.95. The molecule has 1 atom stereocenters. The fourth-order valence-corrected chi connectivity index (χ4v) is 4.92. The molecule has 0 aromatic carbocycles. The highest BCUT2D eigenvalue weighted by molar-refractivity contribution is 9.10. The van der Waals surface area contributed by atoms with Crippen molar-refractivity contribution in [1.29, 1.82) is 0 Å². The molecular weight excluding hydrogens is 354 g/mol. The van der Waals surface area contributed by atoms with Gasteiger partial charge in [0.1, 0.15) is 10.7 Å². The maximum absolute atomic E-state index is 12.8. The number of anilines is 1. The summed E-state index contributed by atoms with van der Waals surface area (Å²) >= 11 is 3.26. The highest BCUT2D eigenvalue weighted by atomic mass is 79.9. The van der Waals surface area contributed by atoms with E-state index < -0.39 is 10.0 Å². The van der Waals surface area contributed by atoms with E-state index in [1.54, 1.807) is 4.31 Å². The van der Waals surface area contributed by atoms with Gasteiger partial charge in [0.25, 0.3) is 0 Å². The van der Waals surface area contributed by atoms with Gasteiger partial charge in [-0.3, -0.25) is 0 Å². The molecule has 0 bridgehead atoms. The second-order valence-electron chi connectivity index (χ2n) is 5.53. The van der Waals surface area contributed by atoms with Gasteiger partial charge in [-0.25, -0.2) is 13.4 Å². The van der Waals surface area contributed by atoms with Gasteiger partial charge in [-0.1, -0.05) is 19.8 Å². The summed E-state index contributed by atoms with van der Waals surface area (Å²) in [7, 11) is -3.56. The molecule has 7 heteroatoms. The molecular formula is C14H22BrN3O2S. The fraction of sp³-hybridized carbons (Fsp3) is 0.643. The summed E-state index contributed by atoms with van der Waals surface area (Å²) in [6, 6.07) is 1.53. The van der Waals surface area contributed by atoms with Crippen LogP contribution in [0.25, 0.3) is 0 Å². The van der Waals surface area contributed by atoms with Crippen molar-refractivity contribution in [2.75, 3.05) is 18.8 Å². The van der Waals surface area contributed by atoms with Crippen LogP contribution < -0.4 is 5.73 Å². The Labute approximate surface area is 135 Å². The van der Waals surface area contributed by atoms with Crippen LogP contribution in [-0.2, 0) is 10.0 Å². The Hall–Kier alpha value is -0.660. The Morgan fingerprint density at radius 1 is 1.43 bits per heavy atom. The number of hydrogen-bond donors (Lipinski definition) is 1. The van der Waals surface area contributed by atoms with Crippen LogP contribution in [0.2, 0.25) is 0 Å². The number of sulfonamides is 1. The summed E-state index contributed by atoms with van der Waals surface area (Å²) in [5.74, 6) is 0.695. The maximum Gasteiger partial charge on any atom is 0.246 e. The molecule has 0 saturated carbocycles. The van der Waals surface area contributed by atoms with Crippen molar-refractivity contribution < 1.29 is 8.42 Å². The molecule has 1 aliphatic rings. The molecule has 1 aromatic rings. The molecule has 118 valence electrons. The van der Waals surface area contributed by atoms with Gasteiger partial charge >= 0.3 is 0 Å². The third-order valence-corrected chi connectivity index (χ3v) is 6.33. The Kier molecular flexibility index (Phi) is 5.62. The second kappa shape index (κ2) is 7.07. The Morgan fingerprint density at radius 2 is 2.19 bits per heavy atom. The summed E-state index contributed by atoms with van der Waals surface area (Å²) < 4.78 is 27.7. The lowest BCUT2D eigenvalue weighted by Crippen LogP contribution is -2.32. The molecule has 2 rings (SSSR count). The lowest BCUT2D eigenvalue weighted by atomic mass is 9.96. The van der Waals surface area contributed by atoms with Gasteiger partial charge in [-0.05, 0) is 47.2 Å². The SMILES string of the molecule is CCCC1CCCN(S(=O)(=O)c2cc(Br)cnc2N)CC1. The number of aromatic nitrogens is 1. The molecule has 5 nitrogen and oxygen atoms in total. The summed E-state index contributed by atoms with van der Waals surface area (Å²) in [6.07, 6.45) is 6.77. The zero-order chi connectivity index (χ0) is 15.5. The minimum absolute atomic E-state index is 0.0626. The molecule has 1 aliphatic heterocycles. The van der Waals surface area contributed by atoms with E-state index >= 15 is 0 Å². The Balaban J connectivity index is 2.21. The molecule has 1 fully saturated rings. The first-order valence-electron chi connectivity index (χ1n) is 7.36. The second-order valence-corrected chi connectivity index (χ2v) is 8.35. The standard InChI is InChI=1S/C14H22BrN3O2S/c1-2-4-11-5-3-7-18(8-6-11)21(19,20)13-9-12(15)10-17-14(13)16/h9-11H,2-8H2,1H3,(H2,16,17). The zero-order valence-electron chi connectivity index (χ0n) is 12.3. The van der Waals surface area contributed by atoms with Crippen LogP contribution in [0.4, 0.5) is 5.82 Å². The number of nitrogens with zero attached hydrogens (tertiary/aromatic N) is 2. The van der Waals surface area contributed by atoms with Gasteiger partial charge in [0, 0.05) is 23.8 Å². The van der Waals surface area contributed by atoms with Crippen molar-refractivity contribution in [2.24, 2.45) is 5.92 Å². The summed E-state index contributed by atoms with van der Waals surface area (Å²) in [5.41, 5.74) is 5.76. The van der Waals surface area contributed by atoms with Crippen LogP contribution >= 0.6 is 15.9 Å². The van der Waals surface area contributed by atoms with Gasteiger partial charge in [0.2, 0.25) is 10.0 Å². The third kappa shape index (κ3) is 3.96. The third-order valence-electron chi connectivity index (χ3n) is 3.97. The molecule has 1 unspecified atom stereocenters. The van der Waals surface area contributed by atoms with Crippen molar-refractivity contribution in [2.45, 2.75) is 43.9 Å². The van der Waals surface area contributed by atoms with E-state index in [-0.39, 0.29) is 10.7 Å². The number of rotatable bonds is 4. The molecule has 21 heavy (non-hydrogen) atoms. The van der Waals surface area contributed by atoms with Crippen LogP contribution in [0.1, 0.15) is 39.0 Å². The van der Waals surface area contributed by atoms with Gasteiger partial charge in [-0.15, -0.1) is 0 Å². The molecule has 0 aliphatic carbocycles.